The lowest BCUT2D eigenvalue weighted by molar-refractivity contribution is 0.113. The van der Waals surface area contributed by atoms with Crippen LogP contribution in [0.15, 0.2) is 30.3 Å². The van der Waals surface area contributed by atoms with E-state index in [1.165, 1.54) is 14.2 Å². The molecule has 0 amide bonds. The maximum atomic E-state index is 10.7. The lowest BCUT2D eigenvalue weighted by Gasteiger charge is -2.25. The Morgan fingerprint density at radius 1 is 1.17 bits per heavy atom. The number of hydrogen-bond donors (Lipinski definition) is 1. The van der Waals surface area contributed by atoms with Gasteiger partial charge < -0.3 is 13.3 Å². The standard InChI is InChI=1S/C10H16O6SSi/c1-14-18(15-2,16-9-17(11,12)13)8-10-6-4-3-5-7-10/h3-7H,8-9H2,1-2H3,(H,11,12,13). The average Bonchev–Trinajstić information content (AvgIpc) is 2.35. The maximum absolute atomic E-state index is 10.7. The molecule has 0 saturated heterocycles. The summed E-state index contributed by atoms with van der Waals surface area (Å²) in [6.07, 6.45) is 0. The van der Waals surface area contributed by atoms with Gasteiger partial charge in [0, 0.05) is 20.3 Å². The Hall–Kier alpha value is -0.773. The van der Waals surface area contributed by atoms with Crippen LogP contribution < -0.4 is 0 Å². The van der Waals surface area contributed by atoms with E-state index in [9.17, 15) is 8.42 Å². The highest BCUT2D eigenvalue weighted by Crippen LogP contribution is 2.15. The van der Waals surface area contributed by atoms with Crippen molar-refractivity contribution in [1.82, 2.24) is 0 Å². The van der Waals surface area contributed by atoms with Gasteiger partial charge in [-0.3, -0.25) is 4.55 Å². The third-order valence-corrected chi connectivity index (χ3v) is 5.61. The number of rotatable bonds is 7. The molecule has 1 N–H and O–H groups in total. The minimum atomic E-state index is -4.22. The molecule has 0 bridgehead atoms. The Morgan fingerprint density at radius 2 is 1.72 bits per heavy atom. The molecular formula is C10H16O6SSi. The van der Waals surface area contributed by atoms with Crippen molar-refractivity contribution in [3.8, 4) is 0 Å². The molecule has 1 aromatic rings. The van der Waals surface area contributed by atoms with Gasteiger partial charge in [-0.15, -0.1) is 0 Å². The van der Waals surface area contributed by atoms with Crippen molar-refractivity contribution in [2.24, 2.45) is 0 Å². The molecule has 0 aliphatic carbocycles. The first-order chi connectivity index (χ1) is 8.41. The van der Waals surface area contributed by atoms with Crippen LogP contribution in [0.2, 0.25) is 0 Å². The van der Waals surface area contributed by atoms with E-state index in [1.807, 2.05) is 30.3 Å². The van der Waals surface area contributed by atoms with Gasteiger partial charge in [0.1, 0.15) is 0 Å². The number of benzene rings is 1. The van der Waals surface area contributed by atoms with E-state index in [1.54, 1.807) is 0 Å². The summed E-state index contributed by atoms with van der Waals surface area (Å²) in [5.41, 5.74) is 0.906. The van der Waals surface area contributed by atoms with Crippen molar-refractivity contribution in [2.45, 2.75) is 6.04 Å². The largest absolute Gasteiger partial charge is 0.505 e. The highest BCUT2D eigenvalue weighted by atomic mass is 32.2. The third-order valence-electron chi connectivity index (χ3n) is 2.31. The Kier molecular flexibility index (Phi) is 5.44. The Bertz CT molecular complexity index is 457. The van der Waals surface area contributed by atoms with Gasteiger partial charge in [-0.1, -0.05) is 30.3 Å². The van der Waals surface area contributed by atoms with Crippen LogP contribution in [0.4, 0.5) is 0 Å². The van der Waals surface area contributed by atoms with Gasteiger partial charge in [-0.05, 0) is 5.56 Å². The molecule has 0 spiro atoms. The van der Waals surface area contributed by atoms with Crippen molar-refractivity contribution in [2.75, 3.05) is 20.2 Å². The molecule has 18 heavy (non-hydrogen) atoms. The summed E-state index contributed by atoms with van der Waals surface area (Å²) in [5, 5.41) is 0. The molecule has 0 radical (unpaired) electrons. The smallest absolute Gasteiger partial charge is 0.377 e. The topological polar surface area (TPSA) is 82.1 Å². The molecule has 0 saturated carbocycles. The van der Waals surface area contributed by atoms with Crippen molar-refractivity contribution >= 4 is 18.9 Å². The van der Waals surface area contributed by atoms with Gasteiger partial charge in [0.05, 0.1) is 0 Å². The summed E-state index contributed by atoms with van der Waals surface area (Å²) in [5.74, 6) is -0.840. The first-order valence-electron chi connectivity index (χ1n) is 5.14. The van der Waals surface area contributed by atoms with Crippen molar-refractivity contribution in [3.63, 3.8) is 0 Å². The lowest BCUT2D eigenvalue weighted by Crippen LogP contribution is -2.47. The van der Waals surface area contributed by atoms with Gasteiger partial charge >= 0.3 is 8.80 Å². The molecule has 0 aliphatic heterocycles. The summed E-state index contributed by atoms with van der Waals surface area (Å²) in [6, 6.07) is 9.61. The highest BCUT2D eigenvalue weighted by molar-refractivity contribution is 7.85. The Balaban J connectivity index is 2.80. The van der Waals surface area contributed by atoms with Gasteiger partial charge in [-0.2, -0.15) is 8.42 Å². The Morgan fingerprint density at radius 3 is 2.17 bits per heavy atom. The summed E-state index contributed by atoms with van der Waals surface area (Å²) in [4.78, 5) is 0. The first-order valence-corrected chi connectivity index (χ1v) is 8.68. The van der Waals surface area contributed by atoms with Crippen molar-refractivity contribution in [1.29, 1.82) is 0 Å². The van der Waals surface area contributed by atoms with Gasteiger partial charge in [0.25, 0.3) is 10.1 Å². The zero-order valence-electron chi connectivity index (χ0n) is 10.2. The van der Waals surface area contributed by atoms with Crippen LogP contribution in [0.3, 0.4) is 0 Å². The van der Waals surface area contributed by atoms with E-state index in [0.29, 0.717) is 6.04 Å². The van der Waals surface area contributed by atoms with E-state index in [0.717, 1.165) is 5.56 Å². The molecule has 0 aromatic heterocycles. The van der Waals surface area contributed by atoms with Crippen molar-refractivity contribution < 1.29 is 26.2 Å². The second kappa shape index (κ2) is 6.41. The third kappa shape index (κ3) is 4.84. The normalized spacial score (nSPS) is 12.6. The molecule has 0 aliphatic rings. The maximum Gasteiger partial charge on any atom is 0.505 e. The molecule has 0 atom stereocenters. The fourth-order valence-corrected chi connectivity index (χ4v) is 4.25. The first kappa shape index (κ1) is 15.3. The van der Waals surface area contributed by atoms with Crippen molar-refractivity contribution in [3.05, 3.63) is 35.9 Å². The van der Waals surface area contributed by atoms with E-state index in [2.05, 4.69) is 0 Å². The van der Waals surface area contributed by atoms with Crippen LogP contribution in [0, 0.1) is 0 Å². The molecule has 1 rings (SSSR count). The van der Waals surface area contributed by atoms with E-state index >= 15 is 0 Å². The highest BCUT2D eigenvalue weighted by Gasteiger charge is 2.40. The average molecular weight is 292 g/mol. The molecule has 102 valence electrons. The molecule has 0 unspecified atom stereocenters. The summed E-state index contributed by atoms with van der Waals surface area (Å²) in [7, 11) is -4.57. The van der Waals surface area contributed by atoms with E-state index in [-0.39, 0.29) is 0 Å². The van der Waals surface area contributed by atoms with Crippen LogP contribution in [-0.4, -0.2) is 41.9 Å². The molecule has 1 aromatic carbocycles. The lowest BCUT2D eigenvalue weighted by atomic mass is 10.2. The summed E-state index contributed by atoms with van der Waals surface area (Å²) in [6.45, 7) is 0. The van der Waals surface area contributed by atoms with Crippen LogP contribution in [0.1, 0.15) is 5.56 Å². The molecule has 0 heterocycles. The molecule has 0 fully saturated rings. The van der Waals surface area contributed by atoms with Crippen LogP contribution >= 0.6 is 0 Å². The van der Waals surface area contributed by atoms with E-state index in [4.69, 9.17) is 17.8 Å². The van der Waals surface area contributed by atoms with Crippen LogP contribution in [0.5, 0.6) is 0 Å². The van der Waals surface area contributed by atoms with Gasteiger partial charge in [0.2, 0.25) is 0 Å². The second-order valence-electron chi connectivity index (χ2n) is 3.60. The summed E-state index contributed by atoms with van der Waals surface area (Å²) < 4.78 is 45.7. The van der Waals surface area contributed by atoms with Crippen LogP contribution in [0.25, 0.3) is 0 Å². The predicted molar refractivity (Wildman–Crippen MR) is 67.4 cm³/mol. The zero-order chi connectivity index (χ0) is 13.6. The molecule has 6 nitrogen and oxygen atoms in total. The fourth-order valence-electron chi connectivity index (χ4n) is 1.41. The SMILES string of the molecule is CO[Si](Cc1ccccc1)(OC)OCS(=O)(=O)O. The Labute approximate surface area is 108 Å². The summed E-state index contributed by atoms with van der Waals surface area (Å²) >= 11 is 0. The minimum absolute atomic E-state index is 0.330. The van der Waals surface area contributed by atoms with Crippen LogP contribution in [-0.2, 0) is 29.4 Å². The molecular weight excluding hydrogens is 276 g/mol. The van der Waals surface area contributed by atoms with Gasteiger partial charge in [-0.25, -0.2) is 0 Å². The van der Waals surface area contributed by atoms with Gasteiger partial charge in [0.15, 0.2) is 5.94 Å². The monoisotopic (exact) mass is 292 g/mol. The number of hydrogen-bond acceptors (Lipinski definition) is 5. The fraction of sp³-hybridized carbons (Fsp3) is 0.400. The molecule has 8 heteroatoms. The minimum Gasteiger partial charge on any atom is -0.377 e. The quantitative estimate of drug-likeness (QED) is 0.593. The second-order valence-corrected chi connectivity index (χ2v) is 7.82. The van der Waals surface area contributed by atoms with E-state index < -0.39 is 24.9 Å². The zero-order valence-corrected chi connectivity index (χ0v) is 12.0. The predicted octanol–water partition coefficient (Wildman–Crippen LogP) is 0.862.